The van der Waals surface area contributed by atoms with Crippen LogP contribution in [0, 0.1) is 6.92 Å². The van der Waals surface area contributed by atoms with Gasteiger partial charge in [0, 0.05) is 19.7 Å². The minimum atomic E-state index is -0.442. The molecule has 0 unspecified atom stereocenters. The molecule has 0 bridgehead atoms. The number of likely N-dealkylation sites (tertiary alicyclic amines) is 1. The molecule has 4 rings (SSSR count). The molecule has 6 heteroatoms. The minimum Gasteiger partial charge on any atom is -0.451 e. The first kappa shape index (κ1) is 17.2. The highest BCUT2D eigenvalue weighted by Gasteiger charge is 2.52. The molecule has 1 amide bonds. The first-order valence-electron chi connectivity index (χ1n) is 9.02. The van der Waals surface area contributed by atoms with Gasteiger partial charge in [-0.05, 0) is 50.3 Å². The molecule has 0 spiro atoms. The second kappa shape index (κ2) is 6.21. The number of aliphatic hydroxyl groups is 1. The molecule has 26 heavy (non-hydrogen) atoms. The normalized spacial score (nSPS) is 28.3. The lowest BCUT2D eigenvalue weighted by molar-refractivity contribution is -0.0826. The number of fused-ring (bicyclic) bond motifs is 2. The Morgan fingerprint density at radius 2 is 2.15 bits per heavy atom. The Labute approximate surface area is 151 Å². The van der Waals surface area contributed by atoms with Crippen molar-refractivity contribution in [2.24, 2.45) is 0 Å². The Morgan fingerprint density at radius 3 is 2.92 bits per heavy atom. The number of ether oxygens (including phenoxy) is 1. The number of aliphatic hydroxyl groups excluding tert-OH is 1. The zero-order valence-corrected chi connectivity index (χ0v) is 15.0. The highest BCUT2D eigenvalue weighted by atomic mass is 16.5. The second-order valence-electron chi connectivity index (χ2n) is 7.44. The summed E-state index contributed by atoms with van der Waals surface area (Å²) in [6.07, 6.45) is 2.17. The van der Waals surface area contributed by atoms with Gasteiger partial charge in [-0.15, -0.1) is 0 Å². The summed E-state index contributed by atoms with van der Waals surface area (Å²) in [6, 6.07) is 6.39. The van der Waals surface area contributed by atoms with E-state index in [9.17, 15) is 14.7 Å². The average molecular weight is 357 g/mol. The minimum absolute atomic E-state index is 0.0417. The number of benzene rings is 1. The lowest BCUT2D eigenvalue weighted by Gasteiger charge is -2.42. The van der Waals surface area contributed by atoms with Crippen LogP contribution in [0.1, 0.15) is 41.8 Å². The van der Waals surface area contributed by atoms with Crippen molar-refractivity contribution in [1.29, 1.82) is 0 Å². The quantitative estimate of drug-likeness (QED) is 0.892. The molecule has 138 valence electrons. The fourth-order valence-electron chi connectivity index (χ4n) is 4.43. The van der Waals surface area contributed by atoms with E-state index in [-0.39, 0.29) is 23.1 Å². The molecule has 2 aliphatic rings. The number of hydrogen-bond donors (Lipinski definition) is 1. The number of methoxy groups -OCH3 is 1. The Bertz CT molecular complexity index is 920. The van der Waals surface area contributed by atoms with Crippen LogP contribution in [-0.4, -0.2) is 47.3 Å². The van der Waals surface area contributed by atoms with E-state index in [0.29, 0.717) is 30.4 Å². The molecule has 1 N–H and O–H groups in total. The maximum Gasteiger partial charge on any atom is 0.290 e. The zero-order valence-electron chi connectivity index (χ0n) is 15.0. The van der Waals surface area contributed by atoms with Crippen molar-refractivity contribution in [3.63, 3.8) is 0 Å². The predicted octanol–water partition coefficient (Wildman–Crippen LogP) is 2.25. The summed E-state index contributed by atoms with van der Waals surface area (Å²) in [6.45, 7) is 2.43. The average Bonchev–Trinajstić information content (AvgIpc) is 2.99. The van der Waals surface area contributed by atoms with E-state index in [2.05, 4.69) is 0 Å². The van der Waals surface area contributed by atoms with Gasteiger partial charge in [-0.1, -0.05) is 6.07 Å². The van der Waals surface area contributed by atoms with Crippen molar-refractivity contribution in [1.82, 2.24) is 4.90 Å². The highest BCUT2D eigenvalue weighted by Crippen LogP contribution is 2.42. The molecule has 6 nitrogen and oxygen atoms in total. The van der Waals surface area contributed by atoms with Gasteiger partial charge < -0.3 is 19.2 Å². The first-order valence-corrected chi connectivity index (χ1v) is 9.02. The Morgan fingerprint density at radius 1 is 1.35 bits per heavy atom. The maximum absolute atomic E-state index is 13.1. The van der Waals surface area contributed by atoms with Crippen LogP contribution in [0.4, 0.5) is 0 Å². The summed E-state index contributed by atoms with van der Waals surface area (Å²) in [5.41, 5.74) is 0.736. The first-order chi connectivity index (χ1) is 12.4. The fraction of sp³-hybridized carbons (Fsp3) is 0.500. The molecular weight excluding hydrogens is 334 g/mol. The topological polar surface area (TPSA) is 80.0 Å². The van der Waals surface area contributed by atoms with Crippen molar-refractivity contribution in [3.8, 4) is 0 Å². The van der Waals surface area contributed by atoms with Gasteiger partial charge >= 0.3 is 0 Å². The van der Waals surface area contributed by atoms with E-state index < -0.39 is 11.7 Å². The summed E-state index contributed by atoms with van der Waals surface area (Å²) >= 11 is 0. The van der Waals surface area contributed by atoms with Gasteiger partial charge in [-0.2, -0.15) is 0 Å². The monoisotopic (exact) mass is 357 g/mol. The number of aryl methyl sites for hydroxylation is 1. The van der Waals surface area contributed by atoms with E-state index >= 15 is 0 Å². The molecule has 1 aliphatic heterocycles. The lowest BCUT2D eigenvalue weighted by Crippen LogP contribution is -2.52. The van der Waals surface area contributed by atoms with Gasteiger partial charge in [0.2, 0.25) is 0 Å². The third kappa shape index (κ3) is 2.64. The van der Waals surface area contributed by atoms with Crippen LogP contribution in [0.5, 0.6) is 0 Å². The summed E-state index contributed by atoms with van der Waals surface area (Å²) in [7, 11) is 1.66. The van der Waals surface area contributed by atoms with Gasteiger partial charge in [-0.25, -0.2) is 0 Å². The molecular formula is C20H23NO5. The maximum atomic E-state index is 13.1. The van der Waals surface area contributed by atoms with Crippen molar-refractivity contribution >= 4 is 16.9 Å². The van der Waals surface area contributed by atoms with Crippen molar-refractivity contribution < 1.29 is 19.1 Å². The summed E-state index contributed by atoms with van der Waals surface area (Å²) in [5.74, 6) is -0.274. The molecule has 2 aromatic rings. The van der Waals surface area contributed by atoms with E-state index in [0.717, 1.165) is 18.4 Å². The number of hydrogen-bond acceptors (Lipinski definition) is 5. The van der Waals surface area contributed by atoms with Gasteiger partial charge in [0.25, 0.3) is 5.91 Å². The number of amides is 1. The molecule has 1 aromatic heterocycles. The zero-order chi connectivity index (χ0) is 18.5. The van der Waals surface area contributed by atoms with Gasteiger partial charge in [0.15, 0.2) is 11.2 Å². The van der Waals surface area contributed by atoms with Crippen LogP contribution in [0.2, 0.25) is 0 Å². The molecule has 1 saturated heterocycles. The van der Waals surface area contributed by atoms with E-state index in [1.54, 1.807) is 24.1 Å². The molecule has 3 atom stereocenters. The standard InChI is InChI=1S/C20H23NO5/c1-12-3-4-14-15(23)11-17(26-16(14)9-12)19(24)21-8-7-20(25-2)6-5-13(22)10-18(20)21/h3-4,9,11,13,18,22H,5-8,10H2,1-2H3/t13-,18-,20+/m0/s1. The lowest BCUT2D eigenvalue weighted by atomic mass is 9.79. The van der Waals surface area contributed by atoms with E-state index in [4.69, 9.17) is 9.15 Å². The number of rotatable bonds is 2. The molecule has 2 heterocycles. The van der Waals surface area contributed by atoms with E-state index in [1.165, 1.54) is 6.07 Å². The third-order valence-corrected chi connectivity index (χ3v) is 5.92. The van der Waals surface area contributed by atoms with Gasteiger partial charge in [-0.3, -0.25) is 9.59 Å². The number of carbonyl (C=O) groups excluding carboxylic acids is 1. The van der Waals surface area contributed by atoms with Crippen molar-refractivity contribution in [2.45, 2.75) is 50.4 Å². The van der Waals surface area contributed by atoms with Gasteiger partial charge in [0.05, 0.1) is 23.1 Å². The summed E-state index contributed by atoms with van der Waals surface area (Å²) < 4.78 is 11.6. The molecule has 1 aromatic carbocycles. The summed E-state index contributed by atoms with van der Waals surface area (Å²) in [4.78, 5) is 27.2. The molecule has 1 saturated carbocycles. The summed E-state index contributed by atoms with van der Waals surface area (Å²) in [5, 5.41) is 10.6. The Hall–Kier alpha value is -2.18. The van der Waals surface area contributed by atoms with Crippen molar-refractivity contribution in [3.05, 3.63) is 45.8 Å². The fourth-order valence-corrected chi connectivity index (χ4v) is 4.43. The van der Waals surface area contributed by atoms with Crippen LogP contribution < -0.4 is 5.43 Å². The van der Waals surface area contributed by atoms with Crippen LogP contribution in [-0.2, 0) is 4.74 Å². The van der Waals surface area contributed by atoms with Crippen LogP contribution in [0.3, 0.4) is 0 Å². The highest BCUT2D eigenvalue weighted by molar-refractivity contribution is 5.93. The molecule has 0 radical (unpaired) electrons. The molecule has 1 aliphatic carbocycles. The Kier molecular flexibility index (Phi) is 4.12. The SMILES string of the molecule is CO[C@@]12CC[C@H](O)C[C@@H]1N(C(=O)c1cc(=O)c3ccc(C)cc3o1)CC2. The third-order valence-electron chi connectivity index (χ3n) is 5.92. The van der Waals surface area contributed by atoms with E-state index in [1.807, 2.05) is 13.0 Å². The predicted molar refractivity (Wildman–Crippen MR) is 96.3 cm³/mol. The van der Waals surface area contributed by atoms with Crippen LogP contribution in [0.15, 0.2) is 33.5 Å². The van der Waals surface area contributed by atoms with Crippen molar-refractivity contribution in [2.75, 3.05) is 13.7 Å². The Balaban J connectivity index is 1.71. The second-order valence-corrected chi connectivity index (χ2v) is 7.44. The smallest absolute Gasteiger partial charge is 0.290 e. The number of nitrogens with zero attached hydrogens (tertiary/aromatic N) is 1. The molecule has 2 fully saturated rings. The number of carbonyl (C=O) groups is 1. The largest absolute Gasteiger partial charge is 0.451 e. The van der Waals surface area contributed by atoms with Crippen LogP contribution in [0.25, 0.3) is 11.0 Å². The van der Waals surface area contributed by atoms with Crippen LogP contribution >= 0.6 is 0 Å². The van der Waals surface area contributed by atoms with Gasteiger partial charge in [0.1, 0.15) is 5.58 Å².